The molecule has 1 aliphatic rings. The van der Waals surface area contributed by atoms with E-state index in [1.54, 1.807) is 6.92 Å². The van der Waals surface area contributed by atoms with Gasteiger partial charge in [-0.1, -0.05) is 0 Å². The van der Waals surface area contributed by atoms with Gasteiger partial charge in [-0.15, -0.1) is 0 Å². The Bertz CT molecular complexity index is 449. The molecule has 1 aromatic rings. The van der Waals surface area contributed by atoms with Crippen molar-refractivity contribution < 1.29 is 4.92 Å². The van der Waals surface area contributed by atoms with Gasteiger partial charge in [0, 0.05) is 17.4 Å². The summed E-state index contributed by atoms with van der Waals surface area (Å²) in [5.41, 5.74) is 0.654. The van der Waals surface area contributed by atoms with Crippen LogP contribution < -0.4 is 5.32 Å². The van der Waals surface area contributed by atoms with Gasteiger partial charge in [-0.05, 0) is 35.0 Å². The van der Waals surface area contributed by atoms with Crippen molar-refractivity contribution in [2.45, 2.75) is 19.4 Å². The molecule has 1 unspecified atom stereocenters. The van der Waals surface area contributed by atoms with Crippen LogP contribution in [0.2, 0.25) is 0 Å². The van der Waals surface area contributed by atoms with E-state index in [-0.39, 0.29) is 5.69 Å². The van der Waals surface area contributed by atoms with E-state index < -0.39 is 4.92 Å². The second-order valence-electron chi connectivity index (χ2n) is 3.89. The molecule has 1 fully saturated rings. The van der Waals surface area contributed by atoms with E-state index in [9.17, 15) is 10.1 Å². The van der Waals surface area contributed by atoms with E-state index >= 15 is 0 Å². The Hall–Kier alpha value is -0.820. The lowest BCUT2D eigenvalue weighted by atomic mass is 10.2. The lowest BCUT2D eigenvalue weighted by molar-refractivity contribution is -0.385. The minimum atomic E-state index is -0.414. The molecule has 2 heterocycles. The number of hydrogen-bond acceptors (Lipinski definition) is 5. The summed E-state index contributed by atoms with van der Waals surface area (Å²) < 4.78 is 0.684. The molecule has 0 radical (unpaired) electrons. The Balaban J connectivity index is 2.23. The molecular formula is C10H12BrN3O2S. The van der Waals surface area contributed by atoms with Crippen molar-refractivity contribution in [2.75, 3.05) is 16.8 Å². The number of nitrogens with zero attached hydrogens (tertiary/aromatic N) is 2. The van der Waals surface area contributed by atoms with E-state index in [4.69, 9.17) is 0 Å². The Kier molecular flexibility index (Phi) is 3.88. The zero-order chi connectivity index (χ0) is 12.4. The highest BCUT2D eigenvalue weighted by Crippen LogP contribution is 2.32. The molecule has 1 atom stereocenters. The third-order valence-electron chi connectivity index (χ3n) is 2.70. The summed E-state index contributed by atoms with van der Waals surface area (Å²) in [7, 11) is 0. The summed E-state index contributed by atoms with van der Waals surface area (Å²) >= 11 is 5.28. The summed E-state index contributed by atoms with van der Waals surface area (Å²) in [4.78, 5) is 14.5. The molecule has 17 heavy (non-hydrogen) atoms. The second-order valence-corrected chi connectivity index (χ2v) is 5.84. The largest absolute Gasteiger partial charge is 0.366 e. The van der Waals surface area contributed by atoms with Gasteiger partial charge < -0.3 is 5.32 Å². The van der Waals surface area contributed by atoms with Crippen LogP contribution in [0.1, 0.15) is 12.0 Å². The first kappa shape index (κ1) is 12.6. The Labute approximate surface area is 112 Å². The molecule has 1 saturated heterocycles. The number of anilines is 1. The Morgan fingerprint density at radius 2 is 2.47 bits per heavy atom. The summed E-state index contributed by atoms with van der Waals surface area (Å²) in [6, 6.07) is 0.407. The van der Waals surface area contributed by atoms with E-state index in [1.165, 1.54) is 6.20 Å². The maximum Gasteiger partial charge on any atom is 0.291 e. The Morgan fingerprint density at radius 3 is 3.06 bits per heavy atom. The van der Waals surface area contributed by atoms with E-state index in [1.807, 2.05) is 11.8 Å². The zero-order valence-corrected chi connectivity index (χ0v) is 11.7. The minimum absolute atomic E-state index is 0.0446. The normalized spacial score (nSPS) is 19.3. The van der Waals surface area contributed by atoms with Crippen LogP contribution in [0.3, 0.4) is 0 Å². The third kappa shape index (κ3) is 2.71. The molecule has 0 amide bonds. The van der Waals surface area contributed by atoms with Crippen LogP contribution in [0.15, 0.2) is 10.7 Å². The molecular weight excluding hydrogens is 306 g/mol. The number of nitro groups is 1. The molecule has 5 nitrogen and oxygen atoms in total. The van der Waals surface area contributed by atoms with E-state index in [2.05, 4.69) is 26.2 Å². The molecule has 92 valence electrons. The van der Waals surface area contributed by atoms with Gasteiger partial charge in [0.25, 0.3) is 5.69 Å². The molecule has 1 aromatic heterocycles. The molecule has 0 saturated carbocycles. The van der Waals surface area contributed by atoms with Crippen molar-refractivity contribution in [2.24, 2.45) is 0 Å². The van der Waals surface area contributed by atoms with Crippen LogP contribution in [0, 0.1) is 17.0 Å². The fraction of sp³-hybridized carbons (Fsp3) is 0.500. The maximum atomic E-state index is 10.8. The third-order valence-corrected chi connectivity index (χ3v) is 4.84. The molecule has 1 N–H and O–H groups in total. The highest BCUT2D eigenvalue weighted by Gasteiger charge is 2.20. The molecule has 0 aromatic carbocycles. The van der Waals surface area contributed by atoms with Gasteiger partial charge in [-0.2, -0.15) is 11.8 Å². The predicted octanol–water partition coefficient (Wildman–Crippen LogP) is 2.98. The summed E-state index contributed by atoms with van der Waals surface area (Å²) in [6.07, 6.45) is 2.42. The number of nitrogens with one attached hydrogen (secondary N) is 1. The van der Waals surface area contributed by atoms with Crippen molar-refractivity contribution in [3.63, 3.8) is 0 Å². The summed E-state index contributed by atoms with van der Waals surface area (Å²) in [6.45, 7) is 1.72. The summed E-state index contributed by atoms with van der Waals surface area (Å²) in [5.74, 6) is 2.91. The van der Waals surface area contributed by atoms with Gasteiger partial charge in [-0.3, -0.25) is 10.1 Å². The van der Waals surface area contributed by atoms with Crippen molar-refractivity contribution >= 4 is 39.2 Å². The monoisotopic (exact) mass is 317 g/mol. The fourth-order valence-electron chi connectivity index (χ4n) is 1.70. The fourth-order valence-corrected chi connectivity index (χ4v) is 3.27. The number of hydrogen-bond donors (Lipinski definition) is 1. The number of pyridine rings is 1. The van der Waals surface area contributed by atoms with Crippen LogP contribution in [0.25, 0.3) is 0 Å². The lowest BCUT2D eigenvalue weighted by Gasteiger charge is -2.14. The standard InChI is InChI=1S/C10H12BrN3O2S/c1-6-8(14(15)16)4-12-10(9(6)11)13-7-2-3-17-5-7/h4,7H,2-3,5H2,1H3,(H,12,13). The smallest absolute Gasteiger partial charge is 0.291 e. The highest BCUT2D eigenvalue weighted by atomic mass is 79.9. The average molecular weight is 318 g/mol. The van der Waals surface area contributed by atoms with Crippen molar-refractivity contribution in [1.82, 2.24) is 4.98 Å². The van der Waals surface area contributed by atoms with Gasteiger partial charge in [-0.25, -0.2) is 4.98 Å². The Morgan fingerprint density at radius 1 is 1.71 bits per heavy atom. The van der Waals surface area contributed by atoms with E-state index in [0.29, 0.717) is 21.9 Å². The van der Waals surface area contributed by atoms with Gasteiger partial charge in [0.2, 0.25) is 0 Å². The van der Waals surface area contributed by atoms with Crippen LogP contribution in [-0.4, -0.2) is 27.5 Å². The first-order valence-electron chi connectivity index (χ1n) is 5.23. The lowest BCUT2D eigenvalue weighted by Crippen LogP contribution is -2.19. The van der Waals surface area contributed by atoms with Crippen molar-refractivity contribution in [3.8, 4) is 0 Å². The van der Waals surface area contributed by atoms with Crippen molar-refractivity contribution in [1.29, 1.82) is 0 Å². The van der Waals surface area contributed by atoms with Crippen molar-refractivity contribution in [3.05, 3.63) is 26.3 Å². The SMILES string of the molecule is Cc1c([N+](=O)[O-])cnc(NC2CCSC2)c1Br. The number of rotatable bonds is 3. The minimum Gasteiger partial charge on any atom is -0.366 e. The quantitative estimate of drug-likeness (QED) is 0.685. The predicted molar refractivity (Wildman–Crippen MR) is 72.7 cm³/mol. The first-order chi connectivity index (χ1) is 8.09. The topological polar surface area (TPSA) is 68.1 Å². The van der Waals surface area contributed by atoms with Gasteiger partial charge in [0.1, 0.15) is 12.0 Å². The second kappa shape index (κ2) is 5.22. The van der Waals surface area contributed by atoms with Gasteiger partial charge in [0.15, 0.2) is 0 Å². The zero-order valence-electron chi connectivity index (χ0n) is 9.27. The molecule has 0 bridgehead atoms. The summed E-state index contributed by atoms with van der Waals surface area (Å²) in [5, 5.41) is 14.1. The molecule has 0 spiro atoms. The number of halogens is 1. The van der Waals surface area contributed by atoms with E-state index in [0.717, 1.165) is 17.9 Å². The van der Waals surface area contributed by atoms with Gasteiger partial charge in [0.05, 0.1) is 9.40 Å². The number of thioether (sulfide) groups is 1. The molecule has 7 heteroatoms. The molecule has 2 rings (SSSR count). The van der Waals surface area contributed by atoms with Crippen LogP contribution in [0.4, 0.5) is 11.5 Å². The maximum absolute atomic E-state index is 10.8. The molecule has 1 aliphatic heterocycles. The van der Waals surface area contributed by atoms with Crippen LogP contribution in [-0.2, 0) is 0 Å². The van der Waals surface area contributed by atoms with Crippen LogP contribution in [0.5, 0.6) is 0 Å². The highest BCUT2D eigenvalue weighted by molar-refractivity contribution is 9.10. The van der Waals surface area contributed by atoms with Crippen LogP contribution >= 0.6 is 27.7 Å². The number of aromatic nitrogens is 1. The first-order valence-corrected chi connectivity index (χ1v) is 7.18. The average Bonchev–Trinajstić information content (AvgIpc) is 2.77. The van der Waals surface area contributed by atoms with Gasteiger partial charge >= 0.3 is 0 Å². The molecule has 0 aliphatic carbocycles.